The van der Waals surface area contributed by atoms with E-state index in [-0.39, 0.29) is 5.56 Å². The maximum atomic E-state index is 13.8. The number of alkyl halides is 3. The van der Waals surface area contributed by atoms with Gasteiger partial charge in [-0.1, -0.05) is 6.07 Å². The molecule has 0 bridgehead atoms. The Hall–Kier alpha value is -4.03. The van der Waals surface area contributed by atoms with Gasteiger partial charge in [-0.25, -0.2) is 0 Å². The summed E-state index contributed by atoms with van der Waals surface area (Å²) >= 11 is 0. The smallest absolute Gasteiger partial charge is 0.373 e. The number of aromatic nitrogens is 2. The minimum absolute atomic E-state index is 0.0554. The summed E-state index contributed by atoms with van der Waals surface area (Å²) in [7, 11) is 3.63. The molecule has 0 atom stereocenters. The molecule has 3 heterocycles. The van der Waals surface area contributed by atoms with Gasteiger partial charge >= 0.3 is 6.18 Å². The number of likely N-dealkylation sites (tertiary alicyclic amines) is 1. The molecule has 3 N–H and O–H groups in total. The summed E-state index contributed by atoms with van der Waals surface area (Å²) in [5.41, 5.74) is 10.6. The van der Waals surface area contributed by atoms with E-state index >= 15 is 0 Å². The molecule has 0 unspecified atom stereocenters. The van der Waals surface area contributed by atoms with E-state index in [1.807, 2.05) is 33.2 Å². The molecular formula is C29H35F3N8O. The number of amides is 1. The van der Waals surface area contributed by atoms with Crippen LogP contribution in [-0.4, -0.2) is 53.8 Å². The molecule has 0 aliphatic carbocycles. The normalized spacial score (nSPS) is 15.7. The Labute approximate surface area is 237 Å². The van der Waals surface area contributed by atoms with Crippen LogP contribution in [0.4, 0.5) is 30.2 Å². The quantitative estimate of drug-likeness (QED) is 0.365. The summed E-state index contributed by atoms with van der Waals surface area (Å²) in [6, 6.07) is 8.86. The van der Waals surface area contributed by atoms with Crippen molar-refractivity contribution in [1.29, 1.82) is 0 Å². The lowest BCUT2D eigenvalue weighted by Crippen LogP contribution is -2.36. The second-order valence-electron chi connectivity index (χ2n) is 10.6. The highest BCUT2D eigenvalue weighted by Crippen LogP contribution is 2.34. The Kier molecular flexibility index (Phi) is 7.96. The lowest BCUT2D eigenvalue weighted by molar-refractivity contribution is -0.137. The third-order valence-electron chi connectivity index (χ3n) is 7.72. The van der Waals surface area contributed by atoms with Gasteiger partial charge in [0.2, 0.25) is 0 Å². The summed E-state index contributed by atoms with van der Waals surface area (Å²) in [6.07, 6.45) is 1.36. The van der Waals surface area contributed by atoms with Crippen molar-refractivity contribution in [2.45, 2.75) is 32.9 Å². The van der Waals surface area contributed by atoms with Crippen LogP contribution in [-0.2, 0) is 13.2 Å². The van der Waals surface area contributed by atoms with Crippen molar-refractivity contribution in [3.05, 3.63) is 76.7 Å². The van der Waals surface area contributed by atoms with Crippen LogP contribution >= 0.6 is 0 Å². The van der Waals surface area contributed by atoms with Crippen molar-refractivity contribution >= 4 is 28.7 Å². The molecule has 1 aromatic heterocycles. The number of anilines is 3. The number of benzene rings is 2. The predicted molar refractivity (Wildman–Crippen MR) is 154 cm³/mol. The average molecular weight is 569 g/mol. The number of carbonyl (C=O) groups is 1. The second kappa shape index (κ2) is 11.5. The zero-order chi connectivity index (χ0) is 29.3. The summed E-state index contributed by atoms with van der Waals surface area (Å²) < 4.78 is 43.2. The second-order valence-corrected chi connectivity index (χ2v) is 10.6. The molecule has 5 rings (SSSR count). The van der Waals surface area contributed by atoms with Gasteiger partial charge in [0.1, 0.15) is 0 Å². The number of likely N-dealkylation sites (N-methyl/N-ethyl adjacent to an activating group) is 1. The molecule has 0 spiro atoms. The molecule has 2 aromatic carbocycles. The van der Waals surface area contributed by atoms with Gasteiger partial charge in [-0.2, -0.15) is 18.3 Å². The number of hydrazine groups is 2. The van der Waals surface area contributed by atoms with E-state index in [1.54, 1.807) is 40.0 Å². The van der Waals surface area contributed by atoms with Gasteiger partial charge in [-0.3, -0.25) is 14.5 Å². The van der Waals surface area contributed by atoms with Crippen molar-refractivity contribution < 1.29 is 18.0 Å². The van der Waals surface area contributed by atoms with Gasteiger partial charge in [-0.15, -0.1) is 5.53 Å². The van der Waals surface area contributed by atoms with Gasteiger partial charge in [0, 0.05) is 61.6 Å². The fourth-order valence-corrected chi connectivity index (χ4v) is 5.05. The molecule has 0 radical (unpaired) electrons. The number of nitrogens with zero attached hydrogens (tertiary/aromatic N) is 5. The monoisotopic (exact) mass is 568 g/mol. The van der Waals surface area contributed by atoms with E-state index in [9.17, 15) is 18.0 Å². The molecule has 1 fully saturated rings. The first-order valence-electron chi connectivity index (χ1n) is 13.6. The van der Waals surface area contributed by atoms with Gasteiger partial charge < -0.3 is 20.5 Å². The zero-order valence-corrected chi connectivity index (χ0v) is 23.6. The van der Waals surface area contributed by atoms with Crippen molar-refractivity contribution in [2.24, 2.45) is 7.05 Å². The Morgan fingerprint density at radius 2 is 1.88 bits per heavy atom. The standard InChI is InChI=1S/C29H35F3N8O/c1-19-7-8-23(16-27(19)40-18-26(35-36-40)25-17-33-38(4)20(25)2)34-28(41)21-13-22(29(30,31)32)15-24(14-21)37(3)11-12-39-9-5-6-10-39/h7-8,13-18,35-36H,5-6,9-12H2,1-4H3,(H,34,41). The third-order valence-corrected chi connectivity index (χ3v) is 7.72. The highest BCUT2D eigenvalue weighted by molar-refractivity contribution is 6.05. The van der Waals surface area contributed by atoms with E-state index in [0.717, 1.165) is 72.8 Å². The molecule has 1 amide bonds. The molecule has 218 valence electrons. The van der Waals surface area contributed by atoms with E-state index in [0.29, 0.717) is 17.9 Å². The predicted octanol–water partition coefficient (Wildman–Crippen LogP) is 4.67. The van der Waals surface area contributed by atoms with Crippen LogP contribution in [0.2, 0.25) is 0 Å². The average Bonchev–Trinajstić information content (AvgIpc) is 3.70. The first kappa shape index (κ1) is 28.5. The number of nitrogens with one attached hydrogen (secondary N) is 3. The molecular weight excluding hydrogens is 533 g/mol. The number of hydrogen-bond donors (Lipinski definition) is 3. The number of rotatable bonds is 8. The topological polar surface area (TPSA) is 80.7 Å². The largest absolute Gasteiger partial charge is 0.416 e. The molecule has 41 heavy (non-hydrogen) atoms. The van der Waals surface area contributed by atoms with Crippen molar-refractivity contribution in [2.75, 3.05) is 48.5 Å². The first-order valence-corrected chi connectivity index (χ1v) is 13.6. The van der Waals surface area contributed by atoms with Crippen molar-refractivity contribution in [1.82, 2.24) is 25.6 Å². The van der Waals surface area contributed by atoms with Gasteiger partial charge in [0.15, 0.2) is 0 Å². The van der Waals surface area contributed by atoms with Crippen LogP contribution in [0.1, 0.15) is 45.6 Å². The lowest BCUT2D eigenvalue weighted by Gasteiger charge is -2.24. The maximum absolute atomic E-state index is 13.8. The Balaban J connectivity index is 1.35. The van der Waals surface area contributed by atoms with E-state index in [2.05, 4.69) is 26.3 Å². The fraction of sp³-hybridized carbons (Fsp3) is 0.379. The van der Waals surface area contributed by atoms with Gasteiger partial charge in [0.05, 0.1) is 23.1 Å². The van der Waals surface area contributed by atoms with E-state index in [1.165, 1.54) is 6.07 Å². The van der Waals surface area contributed by atoms with Gasteiger partial charge in [-0.05, 0) is 75.7 Å². The number of aryl methyl sites for hydroxylation is 2. The number of halogens is 3. The van der Waals surface area contributed by atoms with Crippen LogP contribution in [0, 0.1) is 13.8 Å². The maximum Gasteiger partial charge on any atom is 0.416 e. The van der Waals surface area contributed by atoms with Crippen LogP contribution in [0.15, 0.2) is 48.8 Å². The van der Waals surface area contributed by atoms with Crippen LogP contribution in [0.5, 0.6) is 0 Å². The molecule has 1 saturated heterocycles. The number of hydrogen-bond acceptors (Lipinski definition) is 7. The van der Waals surface area contributed by atoms with Crippen molar-refractivity contribution in [3.63, 3.8) is 0 Å². The molecule has 12 heteroatoms. The summed E-state index contributed by atoms with van der Waals surface area (Å²) in [4.78, 5) is 17.3. The zero-order valence-electron chi connectivity index (χ0n) is 23.6. The summed E-state index contributed by atoms with van der Waals surface area (Å²) in [5.74, 6) is -0.616. The van der Waals surface area contributed by atoms with E-state index in [4.69, 9.17) is 0 Å². The van der Waals surface area contributed by atoms with Crippen LogP contribution in [0.3, 0.4) is 0 Å². The van der Waals surface area contributed by atoms with Crippen LogP contribution < -0.4 is 26.2 Å². The van der Waals surface area contributed by atoms with E-state index < -0.39 is 17.6 Å². The molecule has 0 saturated carbocycles. The summed E-state index contributed by atoms with van der Waals surface area (Å²) in [5, 5.41) is 8.85. The Morgan fingerprint density at radius 3 is 2.56 bits per heavy atom. The Bertz CT molecular complexity index is 1460. The highest BCUT2D eigenvalue weighted by atomic mass is 19.4. The Morgan fingerprint density at radius 1 is 1.12 bits per heavy atom. The molecule has 2 aliphatic heterocycles. The SMILES string of the molecule is Cc1ccc(NC(=O)c2cc(N(C)CCN3CCCC3)cc(C(F)(F)F)c2)cc1N1C=C(c2cnn(C)c2C)NN1. The minimum Gasteiger partial charge on any atom is -0.373 e. The molecule has 3 aromatic rings. The van der Waals surface area contributed by atoms with Crippen molar-refractivity contribution in [3.8, 4) is 0 Å². The molecule has 2 aliphatic rings. The summed E-state index contributed by atoms with van der Waals surface area (Å²) in [6.45, 7) is 7.24. The fourth-order valence-electron chi connectivity index (χ4n) is 5.05. The number of carbonyl (C=O) groups excluding carboxylic acids is 1. The first-order chi connectivity index (χ1) is 19.5. The molecule has 9 nitrogen and oxygen atoms in total. The van der Waals surface area contributed by atoms with Gasteiger partial charge in [0.25, 0.3) is 5.91 Å². The van der Waals surface area contributed by atoms with Crippen LogP contribution in [0.25, 0.3) is 5.70 Å². The minimum atomic E-state index is -4.58. The third kappa shape index (κ3) is 6.33. The highest BCUT2D eigenvalue weighted by Gasteiger charge is 2.32. The lowest BCUT2D eigenvalue weighted by atomic mass is 10.1.